The number of aliphatic hydroxyl groups excluding tert-OH is 1. The molecule has 2 aromatic carbocycles. The SMILES string of the molecule is COc1c(C)cccc1C(=O)NC(=S)Nc1ccc(-c2ccc(CO)o2)c(Cl)c1. The summed E-state index contributed by atoms with van der Waals surface area (Å²) in [7, 11) is 1.52. The van der Waals surface area contributed by atoms with E-state index in [2.05, 4.69) is 10.6 Å². The van der Waals surface area contributed by atoms with Crippen LogP contribution in [0.25, 0.3) is 11.3 Å². The topological polar surface area (TPSA) is 83.7 Å². The summed E-state index contributed by atoms with van der Waals surface area (Å²) >= 11 is 11.6. The smallest absolute Gasteiger partial charge is 0.261 e. The van der Waals surface area contributed by atoms with Crippen molar-refractivity contribution < 1.29 is 19.1 Å². The Morgan fingerprint density at radius 3 is 2.69 bits per heavy atom. The summed E-state index contributed by atoms with van der Waals surface area (Å²) in [4.78, 5) is 12.5. The summed E-state index contributed by atoms with van der Waals surface area (Å²) in [5, 5.41) is 15.3. The molecule has 0 aliphatic heterocycles. The average molecular weight is 431 g/mol. The molecule has 0 atom stereocenters. The maximum absolute atomic E-state index is 12.5. The first-order valence-corrected chi connectivity index (χ1v) is 9.47. The van der Waals surface area contributed by atoms with Crippen LogP contribution in [0.15, 0.2) is 52.9 Å². The fourth-order valence-corrected chi connectivity index (χ4v) is 3.32. The number of carbonyl (C=O) groups is 1. The van der Waals surface area contributed by atoms with E-state index in [1.165, 1.54) is 7.11 Å². The maximum Gasteiger partial charge on any atom is 0.261 e. The number of para-hydroxylation sites is 1. The molecule has 3 rings (SSSR count). The standard InChI is InChI=1S/C21H19ClN2O4S/c1-12-4-3-5-16(19(12)27-2)20(26)24-21(29)23-13-6-8-15(17(22)10-13)18-9-7-14(11-25)28-18/h3-10,25H,11H2,1-2H3,(H2,23,24,26,29). The van der Waals surface area contributed by atoms with Crippen molar-refractivity contribution in [3.63, 3.8) is 0 Å². The van der Waals surface area contributed by atoms with Crippen molar-refractivity contribution in [3.05, 3.63) is 70.4 Å². The Morgan fingerprint density at radius 2 is 2.03 bits per heavy atom. The molecule has 3 aromatic rings. The summed E-state index contributed by atoms with van der Waals surface area (Å²) in [5.74, 6) is 1.13. The predicted octanol–water partition coefficient (Wildman–Crippen LogP) is 4.54. The number of benzene rings is 2. The molecule has 0 aliphatic carbocycles. The van der Waals surface area contributed by atoms with Crippen LogP contribution in [-0.4, -0.2) is 23.2 Å². The number of nitrogens with one attached hydrogen (secondary N) is 2. The van der Waals surface area contributed by atoms with Gasteiger partial charge in [-0.1, -0.05) is 23.7 Å². The van der Waals surface area contributed by atoms with Crippen LogP contribution in [0.1, 0.15) is 21.7 Å². The Morgan fingerprint density at radius 1 is 1.24 bits per heavy atom. The number of thiocarbonyl (C=S) groups is 1. The molecule has 1 heterocycles. The Hall–Kier alpha value is -2.87. The van der Waals surface area contributed by atoms with Crippen LogP contribution in [-0.2, 0) is 6.61 Å². The number of carbonyl (C=O) groups excluding carboxylic acids is 1. The van der Waals surface area contributed by atoms with Gasteiger partial charge in [0.2, 0.25) is 0 Å². The predicted molar refractivity (Wildman–Crippen MR) is 116 cm³/mol. The highest BCUT2D eigenvalue weighted by Gasteiger charge is 2.15. The molecule has 0 aliphatic rings. The zero-order chi connectivity index (χ0) is 21.0. The van der Waals surface area contributed by atoms with Crippen LogP contribution in [0, 0.1) is 6.92 Å². The molecule has 1 aromatic heterocycles. The second-order valence-corrected chi connectivity index (χ2v) is 7.00. The number of methoxy groups -OCH3 is 1. The molecule has 0 unspecified atom stereocenters. The van der Waals surface area contributed by atoms with Gasteiger partial charge in [0.15, 0.2) is 5.11 Å². The first-order valence-electron chi connectivity index (χ1n) is 8.68. The Kier molecular flexibility index (Phi) is 6.53. The van der Waals surface area contributed by atoms with Crippen molar-refractivity contribution >= 4 is 40.5 Å². The van der Waals surface area contributed by atoms with E-state index in [4.69, 9.17) is 38.1 Å². The molecular formula is C21H19ClN2O4S. The van der Waals surface area contributed by atoms with E-state index in [-0.39, 0.29) is 17.6 Å². The molecule has 0 saturated carbocycles. The second kappa shape index (κ2) is 9.09. The van der Waals surface area contributed by atoms with E-state index in [1.54, 1.807) is 42.5 Å². The number of amides is 1. The van der Waals surface area contributed by atoms with Gasteiger partial charge in [-0.05, 0) is 61.1 Å². The lowest BCUT2D eigenvalue weighted by Gasteiger charge is -2.13. The number of hydrogen-bond acceptors (Lipinski definition) is 5. The number of halogens is 1. The summed E-state index contributed by atoms with van der Waals surface area (Å²) < 4.78 is 10.8. The van der Waals surface area contributed by atoms with Gasteiger partial charge in [-0.2, -0.15) is 0 Å². The third kappa shape index (κ3) is 4.76. The van der Waals surface area contributed by atoms with Gasteiger partial charge in [-0.3, -0.25) is 10.1 Å². The molecule has 0 radical (unpaired) electrons. The summed E-state index contributed by atoms with van der Waals surface area (Å²) in [6.45, 7) is 1.68. The normalized spacial score (nSPS) is 10.5. The summed E-state index contributed by atoms with van der Waals surface area (Å²) in [5.41, 5.74) is 2.52. The number of furan rings is 1. The number of aliphatic hydroxyl groups is 1. The minimum atomic E-state index is -0.377. The minimum absolute atomic E-state index is 0.128. The van der Waals surface area contributed by atoms with Gasteiger partial charge < -0.3 is 19.6 Å². The van der Waals surface area contributed by atoms with E-state index in [0.717, 1.165) is 5.56 Å². The van der Waals surface area contributed by atoms with Crippen molar-refractivity contribution in [1.82, 2.24) is 5.32 Å². The number of hydrogen-bond donors (Lipinski definition) is 3. The molecule has 0 spiro atoms. The van der Waals surface area contributed by atoms with Gasteiger partial charge in [0.1, 0.15) is 23.9 Å². The molecule has 1 amide bonds. The van der Waals surface area contributed by atoms with E-state index < -0.39 is 0 Å². The number of rotatable bonds is 5. The fourth-order valence-electron chi connectivity index (χ4n) is 2.84. The van der Waals surface area contributed by atoms with Gasteiger partial charge in [0.05, 0.1) is 17.7 Å². The molecule has 29 heavy (non-hydrogen) atoms. The van der Waals surface area contributed by atoms with Crippen molar-refractivity contribution in [1.29, 1.82) is 0 Å². The molecule has 8 heteroatoms. The van der Waals surface area contributed by atoms with Crippen molar-refractivity contribution in [2.75, 3.05) is 12.4 Å². The second-order valence-electron chi connectivity index (χ2n) is 6.18. The Bertz CT molecular complexity index is 1060. The highest BCUT2D eigenvalue weighted by Crippen LogP contribution is 2.31. The highest BCUT2D eigenvalue weighted by molar-refractivity contribution is 7.80. The van der Waals surface area contributed by atoms with Crippen LogP contribution in [0.3, 0.4) is 0 Å². The molecule has 0 saturated heterocycles. The lowest BCUT2D eigenvalue weighted by atomic mass is 10.1. The minimum Gasteiger partial charge on any atom is -0.496 e. The lowest BCUT2D eigenvalue weighted by molar-refractivity contribution is 0.0974. The van der Waals surface area contributed by atoms with Gasteiger partial charge in [0.25, 0.3) is 5.91 Å². The van der Waals surface area contributed by atoms with E-state index in [0.29, 0.717) is 39.1 Å². The molecule has 6 nitrogen and oxygen atoms in total. The van der Waals surface area contributed by atoms with Gasteiger partial charge >= 0.3 is 0 Å². The van der Waals surface area contributed by atoms with Crippen LogP contribution >= 0.6 is 23.8 Å². The molecule has 150 valence electrons. The van der Waals surface area contributed by atoms with E-state index in [9.17, 15) is 4.79 Å². The van der Waals surface area contributed by atoms with E-state index in [1.807, 2.05) is 13.0 Å². The Balaban J connectivity index is 1.70. The maximum atomic E-state index is 12.5. The van der Waals surface area contributed by atoms with Crippen molar-refractivity contribution in [3.8, 4) is 17.1 Å². The number of anilines is 1. The quantitative estimate of drug-likeness (QED) is 0.515. The summed E-state index contributed by atoms with van der Waals surface area (Å²) in [6, 6.07) is 13.9. The molecular weight excluding hydrogens is 412 g/mol. The average Bonchev–Trinajstić information content (AvgIpc) is 3.16. The van der Waals surface area contributed by atoms with Gasteiger partial charge in [-0.15, -0.1) is 0 Å². The fraction of sp³-hybridized carbons (Fsp3) is 0.143. The third-order valence-electron chi connectivity index (χ3n) is 4.20. The van der Waals surface area contributed by atoms with Crippen molar-refractivity contribution in [2.45, 2.75) is 13.5 Å². The molecule has 0 bridgehead atoms. The van der Waals surface area contributed by atoms with Gasteiger partial charge in [0, 0.05) is 11.3 Å². The molecule has 0 fully saturated rings. The van der Waals surface area contributed by atoms with Crippen LogP contribution in [0.5, 0.6) is 5.75 Å². The largest absolute Gasteiger partial charge is 0.496 e. The zero-order valence-electron chi connectivity index (χ0n) is 15.8. The summed E-state index contributed by atoms with van der Waals surface area (Å²) in [6.07, 6.45) is 0. The number of aryl methyl sites for hydroxylation is 1. The highest BCUT2D eigenvalue weighted by atomic mass is 35.5. The van der Waals surface area contributed by atoms with Crippen molar-refractivity contribution in [2.24, 2.45) is 0 Å². The first-order chi connectivity index (χ1) is 13.9. The monoisotopic (exact) mass is 430 g/mol. The molecule has 3 N–H and O–H groups in total. The third-order valence-corrected chi connectivity index (χ3v) is 4.71. The Labute approximate surface area is 178 Å². The lowest BCUT2D eigenvalue weighted by Crippen LogP contribution is -2.34. The number of ether oxygens (including phenoxy) is 1. The zero-order valence-corrected chi connectivity index (χ0v) is 17.4. The van der Waals surface area contributed by atoms with Crippen LogP contribution < -0.4 is 15.4 Å². The first kappa shape index (κ1) is 20.9. The van der Waals surface area contributed by atoms with Crippen LogP contribution in [0.2, 0.25) is 5.02 Å². The van der Waals surface area contributed by atoms with Crippen LogP contribution in [0.4, 0.5) is 5.69 Å². The van der Waals surface area contributed by atoms with E-state index >= 15 is 0 Å². The van der Waals surface area contributed by atoms with Gasteiger partial charge in [-0.25, -0.2) is 0 Å².